The van der Waals surface area contributed by atoms with Crippen molar-refractivity contribution in [1.29, 1.82) is 0 Å². The third kappa shape index (κ3) is 2.04. The number of hydrogen-bond acceptors (Lipinski definition) is 1. The van der Waals surface area contributed by atoms with Gasteiger partial charge in [0.1, 0.15) is 0 Å². The summed E-state index contributed by atoms with van der Waals surface area (Å²) in [4.78, 5) is 11.7. The molecule has 1 atom stereocenters. The van der Waals surface area contributed by atoms with E-state index in [1.54, 1.807) is 0 Å². The minimum Gasteiger partial charge on any atom is -0.356 e. The largest absolute Gasteiger partial charge is 0.356 e. The van der Waals surface area contributed by atoms with E-state index in [1.807, 2.05) is 0 Å². The predicted molar refractivity (Wildman–Crippen MR) is 52.3 cm³/mol. The molecule has 0 aromatic rings. The Kier molecular flexibility index (Phi) is 2.87. The second kappa shape index (κ2) is 4.12. The van der Waals surface area contributed by atoms with Gasteiger partial charge in [-0.05, 0) is 31.6 Å². The molecule has 0 bridgehead atoms. The van der Waals surface area contributed by atoms with Gasteiger partial charge in [-0.15, -0.1) is 0 Å². The number of rotatable bonds is 1. The molecule has 1 unspecified atom stereocenters. The molecule has 2 aliphatic rings. The lowest BCUT2D eigenvalue weighted by molar-refractivity contribution is -0.126. The zero-order chi connectivity index (χ0) is 9.10. The molecule has 1 heterocycles. The molecule has 1 saturated carbocycles. The first kappa shape index (κ1) is 9.04. The number of carbonyl (C=O) groups is 1. The van der Waals surface area contributed by atoms with Gasteiger partial charge >= 0.3 is 0 Å². The summed E-state index contributed by atoms with van der Waals surface area (Å²) in [5.41, 5.74) is 0. The molecule has 1 N–H and O–H groups in total. The molecule has 1 aliphatic heterocycles. The first-order valence-electron chi connectivity index (χ1n) is 5.65. The summed E-state index contributed by atoms with van der Waals surface area (Å²) in [5.74, 6) is 1.40. The Morgan fingerprint density at radius 1 is 1.00 bits per heavy atom. The van der Waals surface area contributed by atoms with Crippen LogP contribution in [-0.4, -0.2) is 12.5 Å². The highest BCUT2D eigenvalue weighted by Crippen LogP contribution is 2.34. The highest BCUT2D eigenvalue weighted by atomic mass is 16.1. The summed E-state index contributed by atoms with van der Waals surface area (Å²) in [5, 5.41) is 3.03. The summed E-state index contributed by atoms with van der Waals surface area (Å²) in [6.45, 7) is 0.905. The van der Waals surface area contributed by atoms with Crippen LogP contribution in [0.3, 0.4) is 0 Å². The van der Waals surface area contributed by atoms with E-state index in [-0.39, 0.29) is 0 Å². The molecule has 0 radical (unpaired) electrons. The van der Waals surface area contributed by atoms with Gasteiger partial charge in [0.05, 0.1) is 0 Å². The van der Waals surface area contributed by atoms with Crippen LogP contribution >= 0.6 is 0 Å². The molecule has 2 nitrogen and oxygen atoms in total. The van der Waals surface area contributed by atoms with Crippen LogP contribution in [0.25, 0.3) is 0 Å². The van der Waals surface area contributed by atoms with Crippen LogP contribution < -0.4 is 5.32 Å². The highest BCUT2D eigenvalue weighted by molar-refractivity contribution is 5.79. The van der Waals surface area contributed by atoms with Crippen LogP contribution in [0.4, 0.5) is 0 Å². The topological polar surface area (TPSA) is 29.1 Å². The fourth-order valence-electron chi connectivity index (χ4n) is 2.77. The molecule has 0 aromatic heterocycles. The van der Waals surface area contributed by atoms with Gasteiger partial charge in [-0.25, -0.2) is 0 Å². The molecule has 2 fully saturated rings. The van der Waals surface area contributed by atoms with E-state index in [1.165, 1.54) is 38.5 Å². The van der Waals surface area contributed by atoms with Crippen molar-refractivity contribution in [2.45, 2.75) is 44.9 Å². The van der Waals surface area contributed by atoms with E-state index < -0.39 is 0 Å². The van der Waals surface area contributed by atoms with Crippen LogP contribution in [0.5, 0.6) is 0 Å². The van der Waals surface area contributed by atoms with Gasteiger partial charge in [0.25, 0.3) is 0 Å². The predicted octanol–water partition coefficient (Wildman–Crippen LogP) is 2.09. The van der Waals surface area contributed by atoms with Crippen molar-refractivity contribution in [3.8, 4) is 0 Å². The van der Waals surface area contributed by atoms with Gasteiger partial charge in [0.2, 0.25) is 5.91 Å². The number of nitrogens with one attached hydrogen (secondary N) is 1. The fourth-order valence-corrected chi connectivity index (χ4v) is 2.77. The SMILES string of the molecule is O=C1NCCCCC1C1CCCC1. The Labute approximate surface area is 80.1 Å². The average Bonchev–Trinajstić information content (AvgIpc) is 2.56. The van der Waals surface area contributed by atoms with E-state index >= 15 is 0 Å². The van der Waals surface area contributed by atoms with Crippen molar-refractivity contribution in [3.05, 3.63) is 0 Å². The smallest absolute Gasteiger partial charge is 0.223 e. The van der Waals surface area contributed by atoms with Gasteiger partial charge < -0.3 is 5.32 Å². The van der Waals surface area contributed by atoms with Gasteiger partial charge in [-0.1, -0.05) is 19.3 Å². The minimum absolute atomic E-state index is 0.337. The van der Waals surface area contributed by atoms with Crippen LogP contribution in [0, 0.1) is 11.8 Å². The first-order valence-corrected chi connectivity index (χ1v) is 5.65. The molecule has 1 saturated heterocycles. The van der Waals surface area contributed by atoms with Crippen LogP contribution in [0.2, 0.25) is 0 Å². The maximum Gasteiger partial charge on any atom is 0.223 e. The maximum atomic E-state index is 11.7. The van der Waals surface area contributed by atoms with Gasteiger partial charge in [0.15, 0.2) is 0 Å². The summed E-state index contributed by atoms with van der Waals surface area (Å²) < 4.78 is 0. The summed E-state index contributed by atoms with van der Waals surface area (Å²) in [6.07, 6.45) is 8.81. The second-order valence-corrected chi connectivity index (χ2v) is 4.44. The van der Waals surface area contributed by atoms with Crippen LogP contribution in [0.15, 0.2) is 0 Å². The first-order chi connectivity index (χ1) is 6.38. The molecular weight excluding hydrogens is 162 g/mol. The van der Waals surface area contributed by atoms with Crippen molar-refractivity contribution < 1.29 is 4.79 Å². The van der Waals surface area contributed by atoms with E-state index in [4.69, 9.17) is 0 Å². The summed E-state index contributed by atoms with van der Waals surface area (Å²) >= 11 is 0. The van der Waals surface area contributed by atoms with Gasteiger partial charge in [-0.2, -0.15) is 0 Å². The van der Waals surface area contributed by atoms with Crippen molar-refractivity contribution in [2.75, 3.05) is 6.54 Å². The van der Waals surface area contributed by atoms with Crippen LogP contribution in [-0.2, 0) is 4.79 Å². The zero-order valence-corrected chi connectivity index (χ0v) is 8.22. The molecule has 2 heteroatoms. The van der Waals surface area contributed by atoms with Gasteiger partial charge in [-0.3, -0.25) is 4.79 Å². The fraction of sp³-hybridized carbons (Fsp3) is 0.909. The quantitative estimate of drug-likeness (QED) is 0.659. The molecule has 0 spiro atoms. The number of amides is 1. The Balaban J connectivity index is 1.97. The standard InChI is InChI=1S/C11H19NO/c13-11-10(7-3-4-8-12-11)9-5-1-2-6-9/h9-10H,1-8H2,(H,12,13). The molecule has 13 heavy (non-hydrogen) atoms. The Bertz CT molecular complexity index is 185. The van der Waals surface area contributed by atoms with E-state index in [0.717, 1.165) is 13.0 Å². The Hall–Kier alpha value is -0.530. The Morgan fingerprint density at radius 3 is 2.46 bits per heavy atom. The summed E-state index contributed by atoms with van der Waals surface area (Å²) in [7, 11) is 0. The third-order valence-electron chi connectivity index (χ3n) is 3.55. The minimum atomic E-state index is 0.337. The van der Waals surface area contributed by atoms with Crippen LogP contribution in [0.1, 0.15) is 44.9 Å². The average molecular weight is 181 g/mol. The van der Waals surface area contributed by atoms with Crippen molar-refractivity contribution in [1.82, 2.24) is 5.32 Å². The molecule has 74 valence electrons. The normalized spacial score (nSPS) is 31.4. The van der Waals surface area contributed by atoms with Crippen molar-refractivity contribution in [3.63, 3.8) is 0 Å². The second-order valence-electron chi connectivity index (χ2n) is 4.44. The summed E-state index contributed by atoms with van der Waals surface area (Å²) in [6, 6.07) is 0. The molecule has 1 amide bonds. The highest BCUT2D eigenvalue weighted by Gasteiger charge is 2.30. The van der Waals surface area contributed by atoms with E-state index in [2.05, 4.69) is 5.32 Å². The van der Waals surface area contributed by atoms with E-state index in [0.29, 0.717) is 17.7 Å². The lowest BCUT2D eigenvalue weighted by Gasteiger charge is -2.19. The van der Waals surface area contributed by atoms with Crippen molar-refractivity contribution >= 4 is 5.91 Å². The maximum absolute atomic E-state index is 11.7. The lowest BCUT2D eigenvalue weighted by atomic mass is 9.87. The Morgan fingerprint density at radius 2 is 1.69 bits per heavy atom. The van der Waals surface area contributed by atoms with Crippen molar-refractivity contribution in [2.24, 2.45) is 11.8 Å². The third-order valence-corrected chi connectivity index (χ3v) is 3.55. The zero-order valence-electron chi connectivity index (χ0n) is 8.22. The monoisotopic (exact) mass is 181 g/mol. The molecule has 2 rings (SSSR count). The molecular formula is C11H19NO. The van der Waals surface area contributed by atoms with E-state index in [9.17, 15) is 4.79 Å². The molecule has 1 aliphatic carbocycles. The molecule has 0 aromatic carbocycles. The number of carbonyl (C=O) groups excluding carboxylic acids is 1. The van der Waals surface area contributed by atoms with Gasteiger partial charge in [0, 0.05) is 12.5 Å². The number of hydrogen-bond donors (Lipinski definition) is 1. The lowest BCUT2D eigenvalue weighted by Crippen LogP contribution is -2.32.